The van der Waals surface area contributed by atoms with Gasteiger partial charge in [0, 0.05) is 47.4 Å². The van der Waals surface area contributed by atoms with E-state index in [0.29, 0.717) is 0 Å². The number of thiophene rings is 1. The van der Waals surface area contributed by atoms with Gasteiger partial charge < -0.3 is 4.98 Å². The number of aryl methyl sites for hydroxylation is 2. The van der Waals surface area contributed by atoms with E-state index in [0.717, 1.165) is 80.4 Å². The minimum absolute atomic E-state index is 0.207. The molecule has 6 heterocycles. The summed E-state index contributed by atoms with van der Waals surface area (Å²) < 4.78 is 15.4. The Morgan fingerprint density at radius 3 is 2.88 bits per heavy atom. The fraction of sp³-hybridized carbons (Fsp3) is 0.167. The molecule has 0 fully saturated rings. The summed E-state index contributed by atoms with van der Waals surface area (Å²) in [5.74, 6) is 0. The lowest BCUT2D eigenvalue weighted by atomic mass is 10.0. The van der Waals surface area contributed by atoms with Gasteiger partial charge in [0.15, 0.2) is 5.13 Å². The Morgan fingerprint density at radius 2 is 2.06 bits per heavy atom. The van der Waals surface area contributed by atoms with Gasteiger partial charge in [0.1, 0.15) is 5.71 Å². The highest BCUT2D eigenvalue weighted by molar-refractivity contribution is 7.14. The average molecular weight is 443 g/mol. The summed E-state index contributed by atoms with van der Waals surface area (Å²) in [6.45, 7) is 0.741. The van der Waals surface area contributed by atoms with Crippen LogP contribution in [0.25, 0.3) is 32.6 Å². The molecule has 8 heteroatoms. The molecule has 0 amide bonds. The molecule has 0 bridgehead atoms. The third-order valence-electron chi connectivity index (χ3n) is 5.72. The van der Waals surface area contributed by atoms with Gasteiger partial charge in [0.05, 0.1) is 35.0 Å². The second kappa shape index (κ2) is 7.49. The molecule has 1 N–H and O–H groups in total. The van der Waals surface area contributed by atoms with Crippen LogP contribution in [0.4, 0.5) is 4.39 Å². The smallest absolute Gasteiger partial charge is 0.176 e. The van der Waals surface area contributed by atoms with Crippen molar-refractivity contribution >= 4 is 28.0 Å². The summed E-state index contributed by atoms with van der Waals surface area (Å²) in [6.07, 6.45) is 9.28. The average Bonchev–Trinajstić information content (AvgIpc) is 3.50. The zero-order valence-electron chi connectivity index (χ0n) is 17.3. The van der Waals surface area contributed by atoms with Crippen molar-refractivity contribution < 1.29 is 4.39 Å². The molecular weight excluding hydrogens is 423 g/mol. The largest absolute Gasteiger partial charge is 0.352 e. The molecule has 0 saturated carbocycles. The van der Waals surface area contributed by atoms with Crippen molar-refractivity contribution in [2.45, 2.75) is 12.8 Å². The van der Waals surface area contributed by atoms with Gasteiger partial charge in [-0.1, -0.05) is 6.07 Å². The molecule has 5 aromatic rings. The van der Waals surface area contributed by atoms with E-state index >= 15 is 0 Å². The van der Waals surface area contributed by atoms with Crippen LogP contribution >= 0.6 is 11.3 Å². The second-order valence-corrected chi connectivity index (χ2v) is 8.91. The minimum atomic E-state index is -0.207. The van der Waals surface area contributed by atoms with E-state index in [1.54, 1.807) is 23.1 Å². The zero-order chi connectivity index (χ0) is 21.7. The van der Waals surface area contributed by atoms with Crippen molar-refractivity contribution in [1.82, 2.24) is 24.7 Å². The van der Waals surface area contributed by atoms with Crippen LogP contribution in [-0.2, 0) is 13.5 Å². The van der Waals surface area contributed by atoms with Gasteiger partial charge in [-0.25, -0.2) is 4.98 Å². The van der Waals surface area contributed by atoms with E-state index in [1.807, 2.05) is 19.4 Å². The highest BCUT2D eigenvalue weighted by Gasteiger charge is 2.20. The lowest BCUT2D eigenvalue weighted by Gasteiger charge is -2.09. The van der Waals surface area contributed by atoms with Crippen LogP contribution in [0, 0.1) is 5.13 Å². The predicted molar refractivity (Wildman–Crippen MR) is 125 cm³/mol. The van der Waals surface area contributed by atoms with Gasteiger partial charge in [0.25, 0.3) is 0 Å². The fourth-order valence-corrected chi connectivity index (χ4v) is 4.95. The lowest BCUT2D eigenvalue weighted by molar-refractivity contribution is 0.657. The summed E-state index contributed by atoms with van der Waals surface area (Å²) >= 11 is 1.12. The number of fused-ring (bicyclic) bond motifs is 2. The van der Waals surface area contributed by atoms with Gasteiger partial charge in [-0.2, -0.15) is 9.49 Å². The molecule has 6 nitrogen and oxygen atoms in total. The number of halogens is 1. The lowest BCUT2D eigenvalue weighted by Crippen LogP contribution is -2.09. The van der Waals surface area contributed by atoms with Gasteiger partial charge in [-0.3, -0.25) is 14.7 Å². The molecule has 158 valence electrons. The van der Waals surface area contributed by atoms with E-state index in [1.165, 1.54) is 11.6 Å². The van der Waals surface area contributed by atoms with E-state index in [9.17, 15) is 4.39 Å². The Labute approximate surface area is 187 Å². The number of hydrogen-bond acceptors (Lipinski definition) is 5. The fourth-order valence-electron chi connectivity index (χ4n) is 4.19. The van der Waals surface area contributed by atoms with Crippen molar-refractivity contribution in [3.05, 3.63) is 77.2 Å². The van der Waals surface area contributed by atoms with Gasteiger partial charge in [-0.05, 0) is 42.7 Å². The maximum atomic E-state index is 13.7. The number of pyridine rings is 2. The first-order valence-corrected chi connectivity index (χ1v) is 11.2. The van der Waals surface area contributed by atoms with E-state index in [4.69, 9.17) is 9.98 Å². The second-order valence-electron chi connectivity index (χ2n) is 7.88. The molecule has 5 aromatic heterocycles. The third kappa shape index (κ3) is 3.23. The Balaban J connectivity index is 1.50. The van der Waals surface area contributed by atoms with E-state index < -0.39 is 0 Å². The topological polar surface area (TPSA) is 71.8 Å². The molecule has 1 aliphatic rings. The van der Waals surface area contributed by atoms with Gasteiger partial charge in [0.2, 0.25) is 0 Å². The van der Waals surface area contributed by atoms with Crippen molar-refractivity contribution in [2.24, 2.45) is 12.0 Å². The van der Waals surface area contributed by atoms with Crippen LogP contribution < -0.4 is 0 Å². The molecule has 0 aromatic carbocycles. The van der Waals surface area contributed by atoms with Crippen molar-refractivity contribution in [3.63, 3.8) is 0 Å². The quantitative estimate of drug-likeness (QED) is 0.427. The number of H-pyrrole nitrogens is 1. The molecule has 0 radical (unpaired) electrons. The first-order chi connectivity index (χ1) is 15.7. The summed E-state index contributed by atoms with van der Waals surface area (Å²) in [7, 11) is 1.90. The van der Waals surface area contributed by atoms with Crippen molar-refractivity contribution in [2.75, 3.05) is 6.54 Å². The molecule has 0 atom stereocenters. The maximum absolute atomic E-state index is 13.7. The number of aromatic amines is 1. The molecular formula is C24H19FN6S. The Morgan fingerprint density at radius 1 is 1.12 bits per heavy atom. The third-order valence-corrected chi connectivity index (χ3v) is 6.62. The minimum Gasteiger partial charge on any atom is -0.352 e. The summed E-state index contributed by atoms with van der Waals surface area (Å²) in [5, 5.41) is 5.07. The molecule has 0 spiro atoms. The highest BCUT2D eigenvalue weighted by Crippen LogP contribution is 2.34. The van der Waals surface area contributed by atoms with Crippen LogP contribution in [-0.4, -0.2) is 37.0 Å². The molecule has 32 heavy (non-hydrogen) atoms. The first kappa shape index (κ1) is 19.1. The SMILES string of the molecule is Cn1cc(-c2ccc3c(n2)C(c2cc4c(-c5ccc(F)s5)cncc4[nH]2)=NCCC3)cn1. The number of aromatic nitrogens is 5. The summed E-state index contributed by atoms with van der Waals surface area (Å²) in [6, 6.07) is 9.56. The van der Waals surface area contributed by atoms with Crippen LogP contribution in [0.3, 0.4) is 0 Å². The summed E-state index contributed by atoms with van der Waals surface area (Å²) in [5.41, 5.74) is 7.47. The van der Waals surface area contributed by atoms with Crippen LogP contribution in [0.1, 0.15) is 23.4 Å². The molecule has 0 saturated heterocycles. The number of nitrogens with one attached hydrogen (secondary N) is 1. The standard InChI is InChI=1S/C24H19FN6S/c1-31-13-15(10-28-31)18-5-4-14-3-2-8-27-24(23(14)30-18)19-9-16-17(11-26-12-20(16)29-19)21-6-7-22(25)32-21/h4-7,9-13,29H,2-3,8H2,1H3. The molecule has 0 unspecified atom stereocenters. The number of aliphatic imine (C=N–C) groups is 1. The maximum Gasteiger partial charge on any atom is 0.176 e. The highest BCUT2D eigenvalue weighted by atomic mass is 32.1. The molecule has 1 aliphatic heterocycles. The van der Waals surface area contributed by atoms with Crippen LogP contribution in [0.15, 0.2) is 60.1 Å². The Hall–Kier alpha value is -3.65. The normalized spacial score (nSPS) is 13.8. The first-order valence-electron chi connectivity index (χ1n) is 10.4. The number of nitrogens with zero attached hydrogens (tertiary/aromatic N) is 5. The number of rotatable bonds is 3. The Bertz CT molecular complexity index is 1490. The van der Waals surface area contributed by atoms with Gasteiger partial charge >= 0.3 is 0 Å². The van der Waals surface area contributed by atoms with Crippen molar-refractivity contribution in [1.29, 1.82) is 0 Å². The Kier molecular flexibility index (Phi) is 4.46. The number of hydrogen-bond donors (Lipinski definition) is 1. The van der Waals surface area contributed by atoms with E-state index in [2.05, 4.69) is 33.3 Å². The zero-order valence-corrected chi connectivity index (χ0v) is 18.2. The van der Waals surface area contributed by atoms with Crippen LogP contribution in [0.2, 0.25) is 0 Å². The van der Waals surface area contributed by atoms with E-state index in [-0.39, 0.29) is 5.13 Å². The van der Waals surface area contributed by atoms with Crippen molar-refractivity contribution in [3.8, 4) is 21.7 Å². The molecule has 0 aliphatic carbocycles. The summed E-state index contributed by atoms with van der Waals surface area (Å²) in [4.78, 5) is 18.6. The predicted octanol–water partition coefficient (Wildman–Crippen LogP) is 5.01. The van der Waals surface area contributed by atoms with Crippen LogP contribution in [0.5, 0.6) is 0 Å². The molecule has 6 rings (SSSR count). The monoisotopic (exact) mass is 442 g/mol. The van der Waals surface area contributed by atoms with Gasteiger partial charge in [-0.15, -0.1) is 11.3 Å².